The third-order valence-corrected chi connectivity index (χ3v) is 6.95. The largest absolute Gasteiger partial charge is 0.483 e. The number of carbonyl (C=O) groups is 2. The molecule has 2 atom stereocenters. The van der Waals surface area contributed by atoms with Crippen LogP contribution in [0, 0.1) is 0 Å². The van der Waals surface area contributed by atoms with Crippen LogP contribution in [0.2, 0.25) is 0 Å². The van der Waals surface area contributed by atoms with E-state index in [1.165, 1.54) is 0 Å². The van der Waals surface area contributed by atoms with Gasteiger partial charge in [0.15, 0.2) is 5.78 Å². The molecule has 0 saturated carbocycles. The molecule has 0 fully saturated rings. The highest BCUT2D eigenvalue weighted by Crippen LogP contribution is 2.34. The fourth-order valence-electron chi connectivity index (χ4n) is 4.38. The number of imidazole rings is 1. The molecule has 0 radical (unpaired) electrons. The molecule has 8 heteroatoms. The molecule has 3 N–H and O–H groups in total. The van der Waals surface area contributed by atoms with Crippen molar-refractivity contribution in [3.05, 3.63) is 83.4 Å². The van der Waals surface area contributed by atoms with Crippen molar-refractivity contribution < 1.29 is 14.3 Å². The number of nitrogens with one attached hydrogen (secondary N) is 1. The second kappa shape index (κ2) is 12.0. The van der Waals surface area contributed by atoms with Crippen molar-refractivity contribution in [3.63, 3.8) is 0 Å². The Hall–Kier alpha value is -3.10. The van der Waals surface area contributed by atoms with E-state index in [1.807, 2.05) is 59.5 Å². The molecule has 0 bridgehead atoms. The predicted molar refractivity (Wildman–Crippen MR) is 139 cm³/mol. The van der Waals surface area contributed by atoms with Crippen molar-refractivity contribution in [2.45, 2.75) is 50.9 Å². The summed E-state index contributed by atoms with van der Waals surface area (Å²) in [6, 6.07) is 13.2. The Morgan fingerprint density at radius 3 is 2.80 bits per heavy atom. The smallest absolute Gasteiger partial charge is 0.237 e. The maximum absolute atomic E-state index is 12.7. The van der Waals surface area contributed by atoms with Gasteiger partial charge >= 0.3 is 0 Å². The highest BCUT2D eigenvalue weighted by molar-refractivity contribution is 7.98. The van der Waals surface area contributed by atoms with Gasteiger partial charge in [0, 0.05) is 36.5 Å². The monoisotopic (exact) mass is 492 g/mol. The lowest BCUT2D eigenvalue weighted by atomic mass is 9.86. The minimum atomic E-state index is -0.564. The van der Waals surface area contributed by atoms with Crippen LogP contribution in [0.15, 0.2) is 61.2 Å². The number of fused-ring (bicyclic) bond motifs is 1. The van der Waals surface area contributed by atoms with Crippen molar-refractivity contribution in [2.24, 2.45) is 5.73 Å². The first-order chi connectivity index (χ1) is 17.1. The minimum absolute atomic E-state index is 0.139. The third kappa shape index (κ3) is 6.32. The summed E-state index contributed by atoms with van der Waals surface area (Å²) in [5.41, 5.74) is 9.66. The number of hydrogen-bond acceptors (Lipinski definition) is 6. The number of nitrogens with two attached hydrogens (primary N) is 1. The van der Waals surface area contributed by atoms with Crippen LogP contribution in [0.4, 0.5) is 0 Å². The zero-order valence-electron chi connectivity index (χ0n) is 20.0. The first-order valence-corrected chi connectivity index (χ1v) is 13.3. The molecular formula is C27H32N4O3S. The quantitative estimate of drug-likeness (QED) is 0.421. The van der Waals surface area contributed by atoms with Gasteiger partial charge in [-0.1, -0.05) is 30.3 Å². The zero-order valence-corrected chi connectivity index (χ0v) is 20.8. The van der Waals surface area contributed by atoms with E-state index in [4.69, 9.17) is 10.5 Å². The van der Waals surface area contributed by atoms with Crippen molar-refractivity contribution in [2.75, 3.05) is 12.0 Å². The van der Waals surface area contributed by atoms with Crippen LogP contribution < -0.4 is 15.8 Å². The number of nitrogens with zero attached hydrogens (tertiary/aromatic N) is 2. The molecule has 0 unspecified atom stereocenters. The van der Waals surface area contributed by atoms with E-state index in [2.05, 4.69) is 10.3 Å². The van der Waals surface area contributed by atoms with Crippen LogP contribution in [-0.2, 0) is 24.3 Å². The number of amides is 1. The molecule has 3 aromatic rings. The van der Waals surface area contributed by atoms with Crippen LogP contribution in [0.25, 0.3) is 0 Å². The van der Waals surface area contributed by atoms with Gasteiger partial charge in [-0.2, -0.15) is 11.8 Å². The fraction of sp³-hybridized carbons (Fsp3) is 0.370. The molecule has 1 amide bonds. The summed E-state index contributed by atoms with van der Waals surface area (Å²) in [7, 11) is 0. The Bertz CT molecular complexity index is 1130. The summed E-state index contributed by atoms with van der Waals surface area (Å²) >= 11 is 1.67. The Kier molecular flexibility index (Phi) is 8.60. The van der Waals surface area contributed by atoms with Gasteiger partial charge in [0.25, 0.3) is 0 Å². The summed E-state index contributed by atoms with van der Waals surface area (Å²) in [5.74, 6) is 1.44. The molecule has 0 spiro atoms. The topological polar surface area (TPSA) is 99.2 Å². The van der Waals surface area contributed by atoms with Gasteiger partial charge in [-0.15, -0.1) is 0 Å². The van der Waals surface area contributed by atoms with Crippen molar-refractivity contribution in [1.29, 1.82) is 0 Å². The zero-order chi connectivity index (χ0) is 24.6. The van der Waals surface area contributed by atoms with E-state index in [0.717, 1.165) is 40.8 Å². The molecule has 2 aromatic carbocycles. The highest BCUT2D eigenvalue weighted by atomic mass is 32.2. The van der Waals surface area contributed by atoms with Crippen LogP contribution in [0.1, 0.15) is 52.4 Å². The Labute approximate surface area is 210 Å². The standard InChI is InChI=1S/C27H32N4O3S/c1-35-15-12-23(28)27(33)30-16-22-20-8-5-9-24(32)21(20)10-11-25(22)34-26(17-31-14-13-29-18-31)19-6-3-2-4-7-19/h2-4,6-7,10-11,13-14,18,23,26H,5,8-9,12,15-17,28H2,1H3,(H,30,33)/t23-,26+/m0/s1. The number of thioether (sulfide) groups is 1. The summed E-state index contributed by atoms with van der Waals surface area (Å²) < 4.78 is 8.60. The molecule has 184 valence electrons. The number of carbonyl (C=O) groups excluding carboxylic acids is 2. The molecule has 0 saturated heterocycles. The first-order valence-electron chi connectivity index (χ1n) is 11.9. The highest BCUT2D eigenvalue weighted by Gasteiger charge is 2.25. The molecule has 0 aliphatic heterocycles. The van der Waals surface area contributed by atoms with Gasteiger partial charge in [0.05, 0.1) is 18.9 Å². The molecule has 4 rings (SSSR count). The number of ketones is 1. The number of Topliss-reactive ketones (excluding diaryl/α,β-unsaturated/α-hetero) is 1. The second-order valence-electron chi connectivity index (χ2n) is 8.73. The summed E-state index contributed by atoms with van der Waals surface area (Å²) in [5, 5.41) is 2.99. The molecule has 1 heterocycles. The third-order valence-electron chi connectivity index (χ3n) is 6.30. The minimum Gasteiger partial charge on any atom is -0.483 e. The van der Waals surface area contributed by atoms with Gasteiger partial charge in [0.2, 0.25) is 5.91 Å². The van der Waals surface area contributed by atoms with Crippen molar-refractivity contribution >= 4 is 23.5 Å². The van der Waals surface area contributed by atoms with Crippen LogP contribution in [-0.4, -0.2) is 39.3 Å². The van der Waals surface area contributed by atoms with Gasteiger partial charge in [-0.3, -0.25) is 9.59 Å². The first kappa shape index (κ1) is 25.0. The van der Waals surface area contributed by atoms with Crippen LogP contribution >= 0.6 is 11.8 Å². The predicted octanol–water partition coefficient (Wildman–Crippen LogP) is 3.92. The van der Waals surface area contributed by atoms with E-state index >= 15 is 0 Å². The van der Waals surface area contributed by atoms with Gasteiger partial charge in [-0.05, 0) is 54.5 Å². The molecule has 1 aliphatic carbocycles. The Morgan fingerprint density at radius 1 is 1.23 bits per heavy atom. The SMILES string of the molecule is CSCC[C@H](N)C(=O)NCc1c(O[C@H](Cn2ccnc2)c2ccccc2)ccc2c1CCCC2=O. The number of benzene rings is 2. The van der Waals surface area contributed by atoms with E-state index < -0.39 is 6.04 Å². The summed E-state index contributed by atoms with van der Waals surface area (Å²) in [6.45, 7) is 0.843. The molecule has 7 nitrogen and oxygen atoms in total. The van der Waals surface area contributed by atoms with Gasteiger partial charge < -0.3 is 20.4 Å². The summed E-state index contributed by atoms with van der Waals surface area (Å²) in [4.78, 5) is 29.4. The molecule has 1 aliphatic rings. The maximum Gasteiger partial charge on any atom is 0.237 e. The van der Waals surface area contributed by atoms with Crippen LogP contribution in [0.5, 0.6) is 5.75 Å². The molecular weight excluding hydrogens is 460 g/mol. The lowest BCUT2D eigenvalue weighted by Crippen LogP contribution is -2.40. The number of aromatic nitrogens is 2. The lowest BCUT2D eigenvalue weighted by Gasteiger charge is -2.26. The van der Waals surface area contributed by atoms with Crippen molar-refractivity contribution in [1.82, 2.24) is 14.9 Å². The van der Waals surface area contributed by atoms with Crippen LogP contribution in [0.3, 0.4) is 0 Å². The average molecular weight is 493 g/mol. The average Bonchev–Trinajstić information content (AvgIpc) is 3.39. The number of hydrogen-bond donors (Lipinski definition) is 2. The van der Waals surface area contributed by atoms with E-state index in [1.54, 1.807) is 24.3 Å². The molecule has 35 heavy (non-hydrogen) atoms. The van der Waals surface area contributed by atoms with Gasteiger partial charge in [-0.25, -0.2) is 4.98 Å². The summed E-state index contributed by atoms with van der Waals surface area (Å²) in [6.07, 6.45) is 9.86. The second-order valence-corrected chi connectivity index (χ2v) is 9.71. The number of ether oxygens (including phenoxy) is 1. The van der Waals surface area contributed by atoms with E-state index in [0.29, 0.717) is 25.1 Å². The normalized spacial score (nSPS) is 14.7. The van der Waals surface area contributed by atoms with Crippen molar-refractivity contribution in [3.8, 4) is 5.75 Å². The Morgan fingerprint density at radius 2 is 2.06 bits per heavy atom. The fourth-order valence-corrected chi connectivity index (χ4v) is 4.87. The number of rotatable bonds is 11. The Balaban J connectivity index is 1.63. The van der Waals surface area contributed by atoms with E-state index in [-0.39, 0.29) is 24.3 Å². The van der Waals surface area contributed by atoms with Gasteiger partial charge in [0.1, 0.15) is 11.9 Å². The van der Waals surface area contributed by atoms with E-state index in [9.17, 15) is 9.59 Å². The lowest BCUT2D eigenvalue weighted by molar-refractivity contribution is -0.122. The maximum atomic E-state index is 12.7. The molecule has 1 aromatic heterocycles.